The van der Waals surface area contributed by atoms with E-state index >= 15 is 0 Å². The van der Waals surface area contributed by atoms with Crippen molar-refractivity contribution >= 4 is 28.6 Å². The first-order valence-corrected chi connectivity index (χ1v) is 7.51. The summed E-state index contributed by atoms with van der Waals surface area (Å²) in [6.45, 7) is 3.73. The fraction of sp³-hybridized carbons (Fsp3) is 0.294. The number of nitrogens with one attached hydrogen (secondary N) is 1. The Hall–Kier alpha value is -2.96. The molecule has 0 spiro atoms. The molecule has 0 radical (unpaired) electrons. The molecule has 1 aliphatic heterocycles. The van der Waals surface area contributed by atoms with Crippen LogP contribution >= 0.6 is 0 Å². The van der Waals surface area contributed by atoms with Crippen LogP contribution in [0, 0.1) is 13.8 Å². The number of amides is 1. The van der Waals surface area contributed by atoms with E-state index in [4.69, 9.17) is 9.15 Å². The second kappa shape index (κ2) is 6.27. The normalized spacial score (nSPS) is 14.2. The van der Waals surface area contributed by atoms with Gasteiger partial charge in [0, 0.05) is 29.9 Å². The van der Waals surface area contributed by atoms with Crippen LogP contribution in [0.15, 0.2) is 32.5 Å². The summed E-state index contributed by atoms with van der Waals surface area (Å²) < 4.78 is 10.5. The van der Waals surface area contributed by atoms with Gasteiger partial charge in [0.25, 0.3) is 0 Å². The molecule has 1 aromatic carbocycles. The van der Waals surface area contributed by atoms with Crippen LogP contribution < -0.4 is 11.1 Å². The third kappa shape index (κ3) is 3.05. The molecular weight excluding hydrogens is 312 g/mol. The second-order valence-corrected chi connectivity index (χ2v) is 5.64. The summed E-state index contributed by atoms with van der Waals surface area (Å²) in [4.78, 5) is 34.8. The fourth-order valence-corrected chi connectivity index (χ4v) is 2.49. The molecule has 0 aliphatic carbocycles. The molecule has 1 aromatic heterocycles. The van der Waals surface area contributed by atoms with Crippen LogP contribution in [0.3, 0.4) is 0 Å². The number of fused-ring (bicyclic) bond motifs is 1. The first-order valence-electron chi connectivity index (χ1n) is 7.51. The first kappa shape index (κ1) is 15.9. The summed E-state index contributed by atoms with van der Waals surface area (Å²) in [5.74, 6) is -0.843. The van der Waals surface area contributed by atoms with E-state index in [1.807, 2.05) is 26.0 Å². The number of hydrazone groups is 1. The van der Waals surface area contributed by atoms with Gasteiger partial charge in [-0.3, -0.25) is 4.79 Å². The molecular formula is C17H16N2O5. The lowest BCUT2D eigenvalue weighted by Crippen LogP contribution is -2.30. The zero-order valence-electron chi connectivity index (χ0n) is 13.3. The number of ether oxygens (including phenoxy) is 1. The maximum absolute atomic E-state index is 12.0. The largest absolute Gasteiger partial charge is 0.456 e. The quantitative estimate of drug-likeness (QED) is 0.683. The molecule has 0 saturated carbocycles. The van der Waals surface area contributed by atoms with Crippen LogP contribution in [0.4, 0.5) is 0 Å². The van der Waals surface area contributed by atoms with Gasteiger partial charge >= 0.3 is 11.6 Å². The molecule has 2 heterocycles. The number of hydrogen-bond donors (Lipinski definition) is 1. The predicted molar refractivity (Wildman–Crippen MR) is 86.6 cm³/mol. The summed E-state index contributed by atoms with van der Waals surface area (Å²) in [5, 5.41) is 4.42. The van der Waals surface area contributed by atoms with Crippen LogP contribution in [-0.2, 0) is 20.9 Å². The van der Waals surface area contributed by atoms with E-state index in [-0.39, 0.29) is 31.1 Å². The number of carbonyl (C=O) groups is 2. The van der Waals surface area contributed by atoms with Gasteiger partial charge in [-0.15, -0.1) is 0 Å². The SMILES string of the molecule is Cc1ccc2c(COC(=O)C3=NNC(=O)CC3)cc(=O)oc2c1C. The Kier molecular flexibility index (Phi) is 4.16. The molecule has 1 aliphatic rings. The van der Waals surface area contributed by atoms with Gasteiger partial charge in [-0.2, -0.15) is 5.10 Å². The summed E-state index contributed by atoms with van der Waals surface area (Å²) in [6, 6.07) is 5.07. The van der Waals surface area contributed by atoms with Crippen molar-refractivity contribution in [2.24, 2.45) is 5.10 Å². The molecule has 0 saturated heterocycles. The number of benzene rings is 1. The molecule has 0 atom stereocenters. The Morgan fingerprint density at radius 2 is 2.08 bits per heavy atom. The van der Waals surface area contributed by atoms with E-state index in [0.717, 1.165) is 16.5 Å². The minimum atomic E-state index is -0.611. The summed E-state index contributed by atoms with van der Waals surface area (Å²) >= 11 is 0. The van der Waals surface area contributed by atoms with Crippen molar-refractivity contribution in [1.29, 1.82) is 0 Å². The number of rotatable bonds is 3. The van der Waals surface area contributed by atoms with Gasteiger partial charge in [-0.1, -0.05) is 12.1 Å². The Morgan fingerprint density at radius 3 is 2.79 bits per heavy atom. The van der Waals surface area contributed by atoms with Gasteiger partial charge in [0.2, 0.25) is 5.91 Å². The van der Waals surface area contributed by atoms with E-state index in [0.29, 0.717) is 11.1 Å². The molecule has 7 heteroatoms. The van der Waals surface area contributed by atoms with Gasteiger partial charge < -0.3 is 9.15 Å². The zero-order chi connectivity index (χ0) is 17.3. The van der Waals surface area contributed by atoms with Crippen molar-refractivity contribution in [2.75, 3.05) is 0 Å². The third-order valence-electron chi connectivity index (χ3n) is 4.02. The van der Waals surface area contributed by atoms with Gasteiger partial charge in [0.15, 0.2) is 0 Å². The first-order chi connectivity index (χ1) is 11.5. The van der Waals surface area contributed by atoms with Gasteiger partial charge in [0.1, 0.15) is 17.9 Å². The molecule has 0 bridgehead atoms. The van der Waals surface area contributed by atoms with Crippen molar-refractivity contribution in [1.82, 2.24) is 5.43 Å². The standard InChI is InChI=1S/C17H16N2O5/c1-9-3-4-12-11(7-15(21)24-16(12)10(9)2)8-23-17(22)13-5-6-14(20)19-18-13/h3-4,7H,5-6,8H2,1-2H3,(H,19,20). The number of hydrogen-bond acceptors (Lipinski definition) is 6. The van der Waals surface area contributed by atoms with E-state index < -0.39 is 11.6 Å². The monoisotopic (exact) mass is 328 g/mol. The van der Waals surface area contributed by atoms with Crippen molar-refractivity contribution in [2.45, 2.75) is 33.3 Å². The molecule has 0 unspecified atom stereocenters. The topological polar surface area (TPSA) is 98.0 Å². The lowest BCUT2D eigenvalue weighted by Gasteiger charge is -2.12. The highest BCUT2D eigenvalue weighted by atomic mass is 16.5. The molecule has 24 heavy (non-hydrogen) atoms. The molecule has 1 amide bonds. The molecule has 1 N–H and O–H groups in total. The maximum Gasteiger partial charge on any atom is 0.354 e. The molecule has 3 rings (SSSR count). The van der Waals surface area contributed by atoms with Crippen molar-refractivity contribution in [3.05, 3.63) is 45.3 Å². The van der Waals surface area contributed by atoms with E-state index in [2.05, 4.69) is 10.5 Å². The van der Waals surface area contributed by atoms with Crippen molar-refractivity contribution < 1.29 is 18.7 Å². The predicted octanol–water partition coefficient (Wildman–Crippen LogP) is 1.72. The highest BCUT2D eigenvalue weighted by Gasteiger charge is 2.20. The zero-order valence-corrected chi connectivity index (χ0v) is 13.3. The van der Waals surface area contributed by atoms with Crippen LogP contribution in [0.5, 0.6) is 0 Å². The third-order valence-corrected chi connectivity index (χ3v) is 4.02. The molecule has 124 valence electrons. The van der Waals surface area contributed by atoms with E-state index in [9.17, 15) is 14.4 Å². The minimum absolute atomic E-state index is 0.0730. The Labute approximate surface area is 137 Å². The highest BCUT2D eigenvalue weighted by molar-refractivity contribution is 6.37. The highest BCUT2D eigenvalue weighted by Crippen LogP contribution is 2.23. The van der Waals surface area contributed by atoms with Crippen LogP contribution in [0.2, 0.25) is 0 Å². The average Bonchev–Trinajstić information content (AvgIpc) is 2.56. The molecule has 2 aromatic rings. The maximum atomic E-state index is 12.0. The molecule has 7 nitrogen and oxygen atoms in total. The Bertz CT molecular complexity index is 926. The molecule has 0 fully saturated rings. The van der Waals surface area contributed by atoms with Gasteiger partial charge in [-0.05, 0) is 25.0 Å². The van der Waals surface area contributed by atoms with Crippen LogP contribution in [0.1, 0.15) is 29.5 Å². The summed E-state index contributed by atoms with van der Waals surface area (Å²) in [7, 11) is 0. The van der Waals surface area contributed by atoms with E-state index in [1.54, 1.807) is 0 Å². The lowest BCUT2D eigenvalue weighted by molar-refractivity contribution is -0.137. The Morgan fingerprint density at radius 1 is 1.29 bits per heavy atom. The number of esters is 1. The van der Waals surface area contributed by atoms with Crippen molar-refractivity contribution in [3.8, 4) is 0 Å². The van der Waals surface area contributed by atoms with E-state index in [1.165, 1.54) is 6.07 Å². The Balaban J connectivity index is 1.85. The summed E-state index contributed by atoms with van der Waals surface area (Å²) in [6.07, 6.45) is 0.435. The fourth-order valence-electron chi connectivity index (χ4n) is 2.49. The lowest BCUT2D eigenvalue weighted by atomic mass is 10.0. The smallest absolute Gasteiger partial charge is 0.354 e. The number of carbonyl (C=O) groups excluding carboxylic acids is 2. The van der Waals surface area contributed by atoms with Gasteiger partial charge in [-0.25, -0.2) is 15.0 Å². The number of nitrogens with zero attached hydrogens (tertiary/aromatic N) is 1. The van der Waals surface area contributed by atoms with Crippen LogP contribution in [-0.4, -0.2) is 17.6 Å². The second-order valence-electron chi connectivity index (χ2n) is 5.64. The average molecular weight is 328 g/mol. The van der Waals surface area contributed by atoms with Gasteiger partial charge in [0.05, 0.1) is 0 Å². The number of aryl methyl sites for hydroxylation is 2. The van der Waals surface area contributed by atoms with Crippen LogP contribution in [0.25, 0.3) is 11.0 Å². The van der Waals surface area contributed by atoms with Crippen molar-refractivity contribution in [3.63, 3.8) is 0 Å². The summed E-state index contributed by atoms with van der Waals surface area (Å²) in [5.41, 5.74) is 4.85. The minimum Gasteiger partial charge on any atom is -0.456 e.